The molecule has 25 heavy (non-hydrogen) atoms. The summed E-state index contributed by atoms with van der Waals surface area (Å²) < 4.78 is 7.22. The Bertz CT molecular complexity index is 856. The van der Waals surface area contributed by atoms with Crippen LogP contribution in [-0.2, 0) is 13.6 Å². The molecular formula is C19H20N4O2. The fourth-order valence-electron chi connectivity index (χ4n) is 2.47. The molecule has 0 saturated heterocycles. The quantitative estimate of drug-likeness (QED) is 0.751. The highest BCUT2D eigenvalue weighted by molar-refractivity contribution is 5.94. The van der Waals surface area contributed by atoms with Crippen LogP contribution in [0.1, 0.15) is 22.8 Å². The van der Waals surface area contributed by atoms with Gasteiger partial charge in [0.2, 0.25) is 0 Å². The van der Waals surface area contributed by atoms with Crippen molar-refractivity contribution in [2.24, 2.45) is 7.05 Å². The molecule has 2 aromatic carbocycles. The molecule has 0 atom stereocenters. The van der Waals surface area contributed by atoms with Gasteiger partial charge in [0, 0.05) is 30.3 Å². The van der Waals surface area contributed by atoms with E-state index < -0.39 is 0 Å². The van der Waals surface area contributed by atoms with E-state index in [1.165, 1.54) is 0 Å². The second-order valence-electron chi connectivity index (χ2n) is 5.54. The summed E-state index contributed by atoms with van der Waals surface area (Å²) in [7, 11) is 1.82. The molecule has 0 aliphatic heterocycles. The van der Waals surface area contributed by atoms with Crippen LogP contribution in [0.5, 0.6) is 5.75 Å². The number of carbonyl (C=O) groups is 1. The monoisotopic (exact) mass is 336 g/mol. The van der Waals surface area contributed by atoms with Crippen LogP contribution in [0.3, 0.4) is 0 Å². The molecule has 0 radical (unpaired) electrons. The summed E-state index contributed by atoms with van der Waals surface area (Å²) in [5.41, 5.74) is 2.42. The Morgan fingerprint density at radius 1 is 1.16 bits per heavy atom. The van der Waals surface area contributed by atoms with E-state index in [1.807, 2.05) is 50.4 Å². The first-order valence-corrected chi connectivity index (χ1v) is 8.12. The van der Waals surface area contributed by atoms with E-state index in [0.29, 0.717) is 24.5 Å². The average molecular weight is 336 g/mol. The smallest absolute Gasteiger partial charge is 0.251 e. The van der Waals surface area contributed by atoms with Crippen molar-refractivity contribution in [2.45, 2.75) is 13.5 Å². The molecule has 0 saturated carbocycles. The van der Waals surface area contributed by atoms with Crippen molar-refractivity contribution in [3.05, 3.63) is 66.0 Å². The number of para-hydroxylation sites is 1. The third-order valence-corrected chi connectivity index (χ3v) is 3.72. The largest absolute Gasteiger partial charge is 0.494 e. The molecule has 1 heterocycles. The van der Waals surface area contributed by atoms with E-state index in [9.17, 15) is 4.79 Å². The van der Waals surface area contributed by atoms with Gasteiger partial charge in [0.1, 0.15) is 12.1 Å². The number of aromatic nitrogens is 3. The predicted molar refractivity (Wildman–Crippen MR) is 95.2 cm³/mol. The van der Waals surface area contributed by atoms with Gasteiger partial charge in [-0.15, -0.1) is 0 Å². The van der Waals surface area contributed by atoms with Crippen molar-refractivity contribution in [2.75, 3.05) is 6.61 Å². The molecule has 6 nitrogen and oxygen atoms in total. The first-order valence-electron chi connectivity index (χ1n) is 8.12. The van der Waals surface area contributed by atoms with Crippen LogP contribution in [0.4, 0.5) is 0 Å². The maximum absolute atomic E-state index is 12.4. The lowest BCUT2D eigenvalue weighted by molar-refractivity contribution is 0.0950. The lowest BCUT2D eigenvalue weighted by Gasteiger charge is -2.11. The lowest BCUT2D eigenvalue weighted by atomic mass is 10.1. The summed E-state index contributed by atoms with van der Waals surface area (Å²) in [5.74, 6) is 1.30. The van der Waals surface area contributed by atoms with E-state index in [-0.39, 0.29) is 5.91 Å². The van der Waals surface area contributed by atoms with Gasteiger partial charge in [-0.3, -0.25) is 9.48 Å². The molecule has 3 aromatic rings. The molecule has 0 aliphatic rings. The van der Waals surface area contributed by atoms with Gasteiger partial charge >= 0.3 is 0 Å². The summed E-state index contributed by atoms with van der Waals surface area (Å²) in [6.07, 6.45) is 1.64. The van der Waals surface area contributed by atoms with Crippen LogP contribution in [0.15, 0.2) is 54.9 Å². The number of aryl methyl sites for hydroxylation is 1. The third-order valence-electron chi connectivity index (χ3n) is 3.72. The summed E-state index contributed by atoms with van der Waals surface area (Å²) in [4.78, 5) is 16.6. The molecule has 1 aromatic heterocycles. The Morgan fingerprint density at radius 3 is 2.60 bits per heavy atom. The second-order valence-corrected chi connectivity index (χ2v) is 5.54. The van der Waals surface area contributed by atoms with E-state index in [1.54, 1.807) is 23.1 Å². The van der Waals surface area contributed by atoms with Crippen LogP contribution >= 0.6 is 0 Å². The first-order chi connectivity index (χ1) is 12.2. The number of benzene rings is 2. The molecule has 0 spiro atoms. The molecular weight excluding hydrogens is 316 g/mol. The van der Waals surface area contributed by atoms with Gasteiger partial charge in [-0.1, -0.05) is 30.3 Å². The Labute approximate surface area is 146 Å². The number of hydrogen-bond donors (Lipinski definition) is 1. The van der Waals surface area contributed by atoms with Crippen molar-refractivity contribution >= 4 is 5.91 Å². The van der Waals surface area contributed by atoms with E-state index >= 15 is 0 Å². The molecule has 1 N–H and O–H groups in total. The molecule has 3 rings (SSSR count). The average Bonchev–Trinajstić information content (AvgIpc) is 3.07. The maximum atomic E-state index is 12.4. The minimum atomic E-state index is -0.133. The predicted octanol–water partition coefficient (Wildman–Crippen LogP) is 2.81. The van der Waals surface area contributed by atoms with Crippen molar-refractivity contribution in [3.8, 4) is 17.1 Å². The lowest BCUT2D eigenvalue weighted by Crippen LogP contribution is -2.23. The Kier molecular flexibility index (Phi) is 5.09. The van der Waals surface area contributed by atoms with Crippen molar-refractivity contribution in [3.63, 3.8) is 0 Å². The highest BCUT2D eigenvalue weighted by Gasteiger charge is 2.09. The molecule has 128 valence electrons. The standard InChI is InChI=1S/C19H20N4O2/c1-3-25-17-7-5-4-6-16(17)12-20-19(24)15-10-8-14(9-11-15)18-21-13-23(2)22-18/h4-11,13H,3,12H2,1-2H3,(H,20,24). The molecule has 0 aliphatic carbocycles. The van der Waals surface area contributed by atoms with Gasteiger partial charge < -0.3 is 10.1 Å². The van der Waals surface area contributed by atoms with Gasteiger partial charge in [0.05, 0.1) is 6.61 Å². The number of ether oxygens (including phenoxy) is 1. The molecule has 6 heteroatoms. The number of nitrogens with one attached hydrogen (secondary N) is 1. The number of nitrogens with zero attached hydrogens (tertiary/aromatic N) is 3. The topological polar surface area (TPSA) is 69.0 Å². The number of rotatable bonds is 6. The van der Waals surface area contributed by atoms with E-state index in [2.05, 4.69) is 15.4 Å². The highest BCUT2D eigenvalue weighted by atomic mass is 16.5. The van der Waals surface area contributed by atoms with Crippen LogP contribution in [0, 0.1) is 0 Å². The summed E-state index contributed by atoms with van der Waals surface area (Å²) in [6.45, 7) is 2.94. The van der Waals surface area contributed by atoms with Crippen LogP contribution in [0.25, 0.3) is 11.4 Å². The number of carbonyl (C=O) groups excluding carboxylic acids is 1. The highest BCUT2D eigenvalue weighted by Crippen LogP contribution is 2.18. The van der Waals surface area contributed by atoms with Crippen molar-refractivity contribution in [1.29, 1.82) is 0 Å². The molecule has 1 amide bonds. The van der Waals surface area contributed by atoms with Gasteiger partial charge in [0.15, 0.2) is 5.82 Å². The van der Waals surface area contributed by atoms with E-state index in [4.69, 9.17) is 4.74 Å². The zero-order valence-electron chi connectivity index (χ0n) is 14.3. The fourth-order valence-corrected chi connectivity index (χ4v) is 2.47. The zero-order chi connectivity index (χ0) is 17.6. The number of hydrogen-bond acceptors (Lipinski definition) is 4. The third kappa shape index (κ3) is 4.03. The normalized spacial score (nSPS) is 10.5. The molecule has 0 fully saturated rings. The van der Waals surface area contributed by atoms with E-state index in [0.717, 1.165) is 16.9 Å². The zero-order valence-corrected chi connectivity index (χ0v) is 14.3. The van der Waals surface area contributed by atoms with Crippen LogP contribution in [-0.4, -0.2) is 27.3 Å². The maximum Gasteiger partial charge on any atom is 0.251 e. The number of amides is 1. The minimum absolute atomic E-state index is 0.133. The summed E-state index contributed by atoms with van der Waals surface area (Å²) in [5, 5.41) is 7.17. The second kappa shape index (κ2) is 7.61. The van der Waals surface area contributed by atoms with Crippen LogP contribution < -0.4 is 10.1 Å². The fraction of sp³-hybridized carbons (Fsp3) is 0.211. The van der Waals surface area contributed by atoms with Gasteiger partial charge in [0.25, 0.3) is 5.91 Å². The van der Waals surface area contributed by atoms with Gasteiger partial charge in [-0.2, -0.15) is 5.10 Å². The SMILES string of the molecule is CCOc1ccccc1CNC(=O)c1ccc(-c2ncn(C)n2)cc1. The van der Waals surface area contributed by atoms with Gasteiger partial charge in [-0.05, 0) is 25.1 Å². The van der Waals surface area contributed by atoms with Gasteiger partial charge in [-0.25, -0.2) is 4.98 Å². The summed E-state index contributed by atoms with van der Waals surface area (Å²) >= 11 is 0. The first kappa shape index (κ1) is 16.7. The molecule has 0 unspecified atom stereocenters. The van der Waals surface area contributed by atoms with Crippen molar-refractivity contribution < 1.29 is 9.53 Å². The Hall–Kier alpha value is -3.15. The van der Waals surface area contributed by atoms with Crippen LogP contribution in [0.2, 0.25) is 0 Å². The molecule has 0 bridgehead atoms. The Morgan fingerprint density at radius 2 is 1.92 bits per heavy atom. The van der Waals surface area contributed by atoms with Crippen molar-refractivity contribution in [1.82, 2.24) is 20.1 Å². The Balaban J connectivity index is 1.66. The minimum Gasteiger partial charge on any atom is -0.494 e. The summed E-state index contributed by atoms with van der Waals surface area (Å²) in [6, 6.07) is 14.9.